The minimum Gasteiger partial charge on any atom is -0.504 e. The number of benzene rings is 3. The Morgan fingerprint density at radius 1 is 0.970 bits per heavy atom. The van der Waals surface area contributed by atoms with E-state index in [1.54, 1.807) is 7.11 Å². The lowest BCUT2D eigenvalue weighted by molar-refractivity contribution is 0.274. The Hall–Kier alpha value is -3.16. The van der Waals surface area contributed by atoms with Gasteiger partial charge in [0, 0.05) is 11.3 Å². The third-order valence-electron chi connectivity index (χ3n) is 7.25. The standard InChI is InChI=1S/C29H27O3P/c1-31-20-23-15-16-29(24-13-8-14-25(17-24)32-33-30)19-27(23)26(21-9-4-2-5-10-21)18-28(29)22-11-6-3-7-12-22/h2-14,17-18,20,26-27H,15-16,19H2,1H3. The maximum Gasteiger partial charge on any atom is 0.395 e. The predicted octanol–water partition coefficient (Wildman–Crippen LogP) is 7.72. The van der Waals surface area contributed by atoms with Crippen molar-refractivity contribution >= 4 is 14.3 Å². The highest BCUT2D eigenvalue weighted by molar-refractivity contribution is 7.17. The first-order chi connectivity index (χ1) is 16.2. The average molecular weight is 455 g/mol. The van der Waals surface area contributed by atoms with Gasteiger partial charge in [-0.25, -0.2) is 4.57 Å². The van der Waals surface area contributed by atoms with Crippen LogP contribution in [0.15, 0.2) is 103 Å². The third-order valence-corrected chi connectivity index (χ3v) is 7.53. The first-order valence-electron chi connectivity index (χ1n) is 11.4. The van der Waals surface area contributed by atoms with Crippen molar-refractivity contribution in [3.8, 4) is 5.75 Å². The van der Waals surface area contributed by atoms with E-state index in [2.05, 4.69) is 78.9 Å². The highest BCUT2D eigenvalue weighted by atomic mass is 31.1. The van der Waals surface area contributed by atoms with Gasteiger partial charge in [0.15, 0.2) is 0 Å². The molecule has 0 heterocycles. The van der Waals surface area contributed by atoms with Crippen LogP contribution in [0.2, 0.25) is 0 Å². The van der Waals surface area contributed by atoms with Crippen LogP contribution >= 0.6 is 8.69 Å². The fourth-order valence-electron chi connectivity index (χ4n) is 5.81. The summed E-state index contributed by atoms with van der Waals surface area (Å²) in [5.74, 6) is 1.25. The van der Waals surface area contributed by atoms with E-state index in [4.69, 9.17) is 9.26 Å². The number of rotatable bonds is 6. The third kappa shape index (κ3) is 4.03. The van der Waals surface area contributed by atoms with Crippen molar-refractivity contribution in [2.45, 2.75) is 30.6 Å². The first-order valence-corrected chi connectivity index (χ1v) is 12.1. The summed E-state index contributed by atoms with van der Waals surface area (Å²) in [6, 6.07) is 29.6. The van der Waals surface area contributed by atoms with Crippen molar-refractivity contribution in [1.82, 2.24) is 0 Å². The molecule has 0 aromatic heterocycles. The van der Waals surface area contributed by atoms with Crippen LogP contribution in [-0.4, -0.2) is 7.11 Å². The molecule has 33 heavy (non-hydrogen) atoms. The SMILES string of the molecule is COC=C1CCC2(c3cccc(OP=O)c3)CC1C(c1ccccc1)C=C2c1ccccc1. The molecule has 0 aliphatic heterocycles. The van der Waals surface area contributed by atoms with Crippen LogP contribution in [-0.2, 0) is 14.7 Å². The van der Waals surface area contributed by atoms with Gasteiger partial charge in [0.25, 0.3) is 0 Å². The number of ether oxygens (including phenoxy) is 1. The van der Waals surface area contributed by atoms with Gasteiger partial charge in [-0.2, -0.15) is 0 Å². The highest BCUT2D eigenvalue weighted by Gasteiger charge is 2.48. The molecule has 166 valence electrons. The number of hydrogen-bond acceptors (Lipinski definition) is 3. The molecule has 0 radical (unpaired) electrons. The topological polar surface area (TPSA) is 35.5 Å². The Morgan fingerprint density at radius 3 is 2.45 bits per heavy atom. The maximum absolute atomic E-state index is 11.1. The minimum atomic E-state index is -0.334. The van der Waals surface area contributed by atoms with Crippen LogP contribution in [0.5, 0.6) is 5.75 Å². The largest absolute Gasteiger partial charge is 0.504 e. The molecule has 0 saturated heterocycles. The molecule has 0 amide bonds. The molecule has 1 saturated carbocycles. The molecule has 4 heteroatoms. The average Bonchev–Trinajstić information content (AvgIpc) is 2.87. The summed E-state index contributed by atoms with van der Waals surface area (Å²) in [6.07, 6.45) is 7.39. The molecule has 0 N–H and O–H groups in total. The molecule has 2 aliphatic carbocycles. The molecule has 5 rings (SSSR count). The lowest BCUT2D eigenvalue weighted by atomic mass is 9.53. The van der Waals surface area contributed by atoms with Crippen LogP contribution < -0.4 is 4.52 Å². The van der Waals surface area contributed by atoms with Crippen LogP contribution in [0.3, 0.4) is 0 Å². The summed E-state index contributed by atoms with van der Waals surface area (Å²) < 4.78 is 22.0. The van der Waals surface area contributed by atoms with Crippen molar-refractivity contribution < 1.29 is 13.8 Å². The smallest absolute Gasteiger partial charge is 0.395 e. The fraction of sp³-hybridized carbons (Fsp3) is 0.241. The van der Waals surface area contributed by atoms with Gasteiger partial charge < -0.3 is 9.26 Å². The summed E-state index contributed by atoms with van der Waals surface area (Å²) in [7, 11) is 1.41. The van der Waals surface area contributed by atoms with Gasteiger partial charge in [0.05, 0.1) is 13.4 Å². The molecular weight excluding hydrogens is 427 g/mol. The van der Waals surface area contributed by atoms with Crippen LogP contribution in [0.1, 0.15) is 41.9 Å². The van der Waals surface area contributed by atoms with Crippen molar-refractivity contribution in [2.75, 3.05) is 7.11 Å². The van der Waals surface area contributed by atoms with Gasteiger partial charge in [-0.15, -0.1) is 0 Å². The summed E-state index contributed by atoms with van der Waals surface area (Å²) in [5, 5.41) is 0. The van der Waals surface area contributed by atoms with Crippen molar-refractivity contribution in [3.05, 3.63) is 120 Å². The van der Waals surface area contributed by atoms with E-state index in [1.807, 2.05) is 18.4 Å². The van der Waals surface area contributed by atoms with Gasteiger partial charge in [-0.1, -0.05) is 78.9 Å². The van der Waals surface area contributed by atoms with Gasteiger partial charge in [0.2, 0.25) is 0 Å². The molecular formula is C29H27O3P. The lowest BCUT2D eigenvalue weighted by Gasteiger charge is -2.50. The molecule has 3 aromatic rings. The molecule has 1 fully saturated rings. The summed E-state index contributed by atoms with van der Waals surface area (Å²) in [4.78, 5) is 0. The Bertz CT molecular complexity index is 1190. The van der Waals surface area contributed by atoms with E-state index in [9.17, 15) is 4.57 Å². The molecule has 3 atom stereocenters. The summed E-state index contributed by atoms with van der Waals surface area (Å²) in [5.41, 5.74) is 6.38. The van der Waals surface area contributed by atoms with Crippen LogP contribution in [0.25, 0.3) is 5.57 Å². The first kappa shape index (κ1) is 21.7. The number of fused-ring (bicyclic) bond motifs is 2. The van der Waals surface area contributed by atoms with E-state index in [1.165, 1.54) is 27.8 Å². The Kier molecular flexibility index (Phi) is 6.15. The summed E-state index contributed by atoms with van der Waals surface area (Å²) in [6.45, 7) is 0. The normalized spacial score (nSPS) is 25.5. The quantitative estimate of drug-likeness (QED) is 0.282. The second kappa shape index (κ2) is 9.37. The second-order valence-corrected chi connectivity index (χ2v) is 9.23. The minimum absolute atomic E-state index is 0.151. The van der Waals surface area contributed by atoms with Crippen LogP contribution in [0.4, 0.5) is 0 Å². The number of hydrogen-bond donors (Lipinski definition) is 0. The Balaban J connectivity index is 1.73. The van der Waals surface area contributed by atoms with Gasteiger partial charge in [0.1, 0.15) is 5.75 Å². The van der Waals surface area contributed by atoms with Crippen molar-refractivity contribution in [1.29, 1.82) is 0 Å². The molecule has 2 bridgehead atoms. The van der Waals surface area contributed by atoms with E-state index in [0.29, 0.717) is 11.7 Å². The second-order valence-electron chi connectivity index (χ2n) is 8.90. The van der Waals surface area contributed by atoms with E-state index in [-0.39, 0.29) is 20.0 Å². The zero-order valence-electron chi connectivity index (χ0n) is 18.7. The van der Waals surface area contributed by atoms with Crippen LogP contribution in [0, 0.1) is 5.92 Å². The zero-order valence-corrected chi connectivity index (χ0v) is 19.6. The van der Waals surface area contributed by atoms with Gasteiger partial charge in [-0.05, 0) is 65.1 Å². The fourth-order valence-corrected chi connectivity index (χ4v) is 6.01. The Labute approximate surface area is 197 Å². The van der Waals surface area contributed by atoms with Crippen molar-refractivity contribution in [3.63, 3.8) is 0 Å². The monoisotopic (exact) mass is 454 g/mol. The molecule has 0 spiro atoms. The van der Waals surface area contributed by atoms with E-state index >= 15 is 0 Å². The highest BCUT2D eigenvalue weighted by Crippen LogP contribution is 2.59. The molecule has 3 unspecified atom stereocenters. The van der Waals surface area contributed by atoms with Gasteiger partial charge in [-0.3, -0.25) is 0 Å². The van der Waals surface area contributed by atoms with E-state index in [0.717, 1.165) is 19.3 Å². The molecule has 2 aliphatic rings. The Morgan fingerprint density at radius 2 is 1.73 bits per heavy atom. The zero-order chi connectivity index (χ0) is 22.7. The molecule has 3 nitrogen and oxygen atoms in total. The lowest BCUT2D eigenvalue weighted by Crippen LogP contribution is -2.40. The number of methoxy groups -OCH3 is 1. The summed E-state index contributed by atoms with van der Waals surface area (Å²) >= 11 is 0. The maximum atomic E-state index is 11.1. The predicted molar refractivity (Wildman–Crippen MR) is 132 cm³/mol. The van der Waals surface area contributed by atoms with Crippen molar-refractivity contribution in [2.24, 2.45) is 5.92 Å². The van der Waals surface area contributed by atoms with E-state index < -0.39 is 0 Å². The molecule has 3 aromatic carbocycles. The number of allylic oxidation sites excluding steroid dienone is 3. The van der Waals surface area contributed by atoms with Gasteiger partial charge >= 0.3 is 8.69 Å².